The average molecular weight is 602 g/mol. The van der Waals surface area contributed by atoms with Crippen LogP contribution in [0, 0.1) is 0 Å². The van der Waals surface area contributed by atoms with Crippen molar-refractivity contribution in [2.75, 3.05) is 6.61 Å². The second-order valence-electron chi connectivity index (χ2n) is 6.86. The van der Waals surface area contributed by atoms with Gasteiger partial charge in [-0.15, -0.1) is 0 Å². The number of hydrogen-bond acceptors (Lipinski definition) is 4. The lowest BCUT2D eigenvalue weighted by Crippen LogP contribution is -2.75. The van der Waals surface area contributed by atoms with Crippen LogP contribution in [-0.4, -0.2) is 72.3 Å². The highest BCUT2D eigenvalue weighted by Crippen LogP contribution is 2.64. The molecule has 0 N–H and O–H groups in total. The molecule has 0 saturated heterocycles. The Labute approximate surface area is 199 Å². The maximum Gasteiger partial charge on any atom is 0.460 e. The molecule has 0 amide bonds. The minimum atomic E-state index is -8.80. The number of carbonyl (C=O) groups excluding carboxylic acids is 2. The SMILES string of the molecule is C=CC(=O)OCCC(OC(=O)C=C)C(F)(F)C(F)(F)C(F)(F)C(F)(F)C(F)(F)C(F)(F)C(F)(F)C(F)(F)F. The Morgan fingerprint density at radius 2 is 0.921 bits per heavy atom. The quantitative estimate of drug-likeness (QED) is 0.143. The van der Waals surface area contributed by atoms with Gasteiger partial charge < -0.3 is 9.47 Å². The molecule has 0 bridgehead atoms. The Kier molecular flexibility index (Phi) is 9.66. The van der Waals surface area contributed by atoms with Crippen LogP contribution in [-0.2, 0) is 19.1 Å². The third-order valence-electron chi connectivity index (χ3n) is 4.37. The van der Waals surface area contributed by atoms with Crippen molar-refractivity contribution in [1.29, 1.82) is 0 Å². The van der Waals surface area contributed by atoms with Crippen LogP contribution in [0.3, 0.4) is 0 Å². The van der Waals surface area contributed by atoms with Crippen molar-refractivity contribution in [1.82, 2.24) is 0 Å². The van der Waals surface area contributed by atoms with Crippen molar-refractivity contribution in [2.45, 2.75) is 60.2 Å². The van der Waals surface area contributed by atoms with Crippen molar-refractivity contribution < 1.29 is 93.7 Å². The Morgan fingerprint density at radius 1 is 0.579 bits per heavy atom. The summed E-state index contributed by atoms with van der Waals surface area (Å²) < 4.78 is 235. The first-order valence-electron chi connectivity index (χ1n) is 8.89. The summed E-state index contributed by atoms with van der Waals surface area (Å²) in [4.78, 5) is 22.0. The van der Waals surface area contributed by atoms with Crippen molar-refractivity contribution in [3.63, 3.8) is 0 Å². The standard InChI is InChI=1S/C17H11F17O4/c1-3-8(35)37-6-5-7(38-9(36)4-2)10(18,19)11(20,21)12(22,23)13(24,25)14(26,27)15(28,29)16(30,31)17(32,33)34/h3-4,7H,1-2,5-6H2. The van der Waals surface area contributed by atoms with E-state index in [-0.39, 0.29) is 6.08 Å². The Hall–Kier alpha value is -2.77. The van der Waals surface area contributed by atoms with Gasteiger partial charge in [-0.1, -0.05) is 13.2 Å². The van der Waals surface area contributed by atoms with E-state index in [2.05, 4.69) is 22.6 Å². The molecule has 222 valence electrons. The Balaban J connectivity index is 6.83. The normalized spacial score (nSPS) is 15.5. The maximum absolute atomic E-state index is 14.3. The molecule has 0 rings (SSSR count). The zero-order valence-corrected chi connectivity index (χ0v) is 17.6. The second kappa shape index (κ2) is 10.4. The van der Waals surface area contributed by atoms with E-state index in [0.29, 0.717) is 6.08 Å². The van der Waals surface area contributed by atoms with Crippen LogP contribution in [0.15, 0.2) is 25.3 Å². The van der Waals surface area contributed by atoms with E-state index in [4.69, 9.17) is 0 Å². The van der Waals surface area contributed by atoms with E-state index in [1.807, 2.05) is 0 Å². The van der Waals surface area contributed by atoms with E-state index >= 15 is 0 Å². The molecule has 38 heavy (non-hydrogen) atoms. The molecular formula is C17H11F17O4. The van der Waals surface area contributed by atoms with Crippen molar-refractivity contribution >= 4 is 11.9 Å². The molecule has 1 unspecified atom stereocenters. The molecule has 0 radical (unpaired) electrons. The number of alkyl halides is 17. The highest BCUT2D eigenvalue weighted by atomic mass is 19.4. The zero-order chi connectivity index (χ0) is 31.0. The minimum Gasteiger partial charge on any atom is -0.462 e. The smallest absolute Gasteiger partial charge is 0.460 e. The molecule has 0 aromatic carbocycles. The van der Waals surface area contributed by atoms with Crippen LogP contribution in [0.2, 0.25) is 0 Å². The van der Waals surface area contributed by atoms with Gasteiger partial charge in [0.15, 0.2) is 6.10 Å². The van der Waals surface area contributed by atoms with E-state index in [1.54, 1.807) is 0 Å². The first-order valence-corrected chi connectivity index (χ1v) is 8.89. The summed E-state index contributed by atoms with van der Waals surface area (Å²) in [5.74, 6) is -61.9. The summed E-state index contributed by atoms with van der Waals surface area (Å²) >= 11 is 0. The second-order valence-corrected chi connectivity index (χ2v) is 6.86. The zero-order valence-electron chi connectivity index (χ0n) is 17.6. The minimum absolute atomic E-state index is 0.127. The van der Waals surface area contributed by atoms with Crippen LogP contribution in [0.4, 0.5) is 74.6 Å². The lowest BCUT2D eigenvalue weighted by atomic mass is 9.87. The fourth-order valence-corrected chi connectivity index (χ4v) is 2.21. The Bertz CT molecular complexity index is 907. The number of hydrogen-bond donors (Lipinski definition) is 0. The molecule has 1 atom stereocenters. The van der Waals surface area contributed by atoms with Gasteiger partial charge in [-0.3, -0.25) is 0 Å². The molecule has 4 nitrogen and oxygen atoms in total. The predicted octanol–water partition coefficient (Wildman–Crippen LogP) is 6.21. The van der Waals surface area contributed by atoms with Crippen LogP contribution < -0.4 is 0 Å². The fourth-order valence-electron chi connectivity index (χ4n) is 2.21. The molecular weight excluding hydrogens is 591 g/mol. The Morgan fingerprint density at radius 3 is 1.26 bits per heavy atom. The lowest BCUT2D eigenvalue weighted by Gasteiger charge is -2.43. The highest BCUT2D eigenvalue weighted by Gasteiger charge is 2.95. The molecule has 0 aliphatic heterocycles. The van der Waals surface area contributed by atoms with Gasteiger partial charge in [0, 0.05) is 18.6 Å². The molecule has 0 aromatic heterocycles. The summed E-state index contributed by atoms with van der Waals surface area (Å²) in [5, 5.41) is 0. The summed E-state index contributed by atoms with van der Waals surface area (Å²) in [6, 6.07) is 0. The number of halogens is 17. The molecule has 0 aromatic rings. The van der Waals surface area contributed by atoms with E-state index in [9.17, 15) is 84.2 Å². The van der Waals surface area contributed by atoms with Crippen molar-refractivity contribution in [3.05, 3.63) is 25.3 Å². The summed E-state index contributed by atoms with van der Waals surface area (Å²) in [7, 11) is 0. The highest BCUT2D eigenvalue weighted by molar-refractivity contribution is 5.81. The van der Waals surface area contributed by atoms with Gasteiger partial charge in [-0.25, -0.2) is 9.59 Å². The van der Waals surface area contributed by atoms with E-state index in [1.165, 1.54) is 0 Å². The molecule has 0 aliphatic carbocycles. The predicted molar refractivity (Wildman–Crippen MR) is 86.5 cm³/mol. The number of carbonyl (C=O) groups is 2. The lowest BCUT2D eigenvalue weighted by molar-refractivity contribution is -0.464. The van der Waals surface area contributed by atoms with Gasteiger partial charge in [0.05, 0.1) is 6.61 Å². The molecule has 0 spiro atoms. The fraction of sp³-hybridized carbons (Fsp3) is 0.647. The largest absolute Gasteiger partial charge is 0.462 e. The molecule has 0 saturated carbocycles. The molecule has 0 heterocycles. The third-order valence-corrected chi connectivity index (χ3v) is 4.37. The number of ether oxygens (including phenoxy) is 2. The van der Waals surface area contributed by atoms with Crippen molar-refractivity contribution in [2.24, 2.45) is 0 Å². The van der Waals surface area contributed by atoms with Gasteiger partial charge in [0.25, 0.3) is 0 Å². The average Bonchev–Trinajstić information content (AvgIpc) is 2.76. The summed E-state index contributed by atoms with van der Waals surface area (Å²) in [5.41, 5.74) is 0. The van der Waals surface area contributed by atoms with Gasteiger partial charge >= 0.3 is 59.6 Å². The van der Waals surface area contributed by atoms with Crippen LogP contribution in [0.5, 0.6) is 0 Å². The summed E-state index contributed by atoms with van der Waals surface area (Å²) in [6.07, 6.45) is -13.9. The van der Waals surface area contributed by atoms with Gasteiger partial charge in [0.1, 0.15) is 0 Å². The van der Waals surface area contributed by atoms with Crippen LogP contribution in [0.1, 0.15) is 6.42 Å². The van der Waals surface area contributed by atoms with Gasteiger partial charge in [-0.05, 0) is 0 Å². The van der Waals surface area contributed by atoms with Crippen molar-refractivity contribution in [3.8, 4) is 0 Å². The first kappa shape index (κ1) is 35.2. The van der Waals surface area contributed by atoms with E-state index in [0.717, 1.165) is 0 Å². The van der Waals surface area contributed by atoms with E-state index < -0.39 is 78.7 Å². The molecule has 0 aliphatic rings. The molecule has 0 fully saturated rings. The molecule has 21 heteroatoms. The number of esters is 2. The van der Waals surface area contributed by atoms with Crippen LogP contribution >= 0.6 is 0 Å². The topological polar surface area (TPSA) is 52.6 Å². The maximum atomic E-state index is 14.3. The van der Waals surface area contributed by atoms with Gasteiger partial charge in [-0.2, -0.15) is 74.6 Å². The first-order chi connectivity index (χ1) is 16.6. The van der Waals surface area contributed by atoms with Gasteiger partial charge in [0.2, 0.25) is 0 Å². The monoisotopic (exact) mass is 602 g/mol. The van der Waals surface area contributed by atoms with Crippen LogP contribution in [0.25, 0.3) is 0 Å². The third kappa shape index (κ3) is 5.36. The summed E-state index contributed by atoms with van der Waals surface area (Å²) in [6.45, 7) is 3.72. The number of rotatable bonds is 13.